The van der Waals surface area contributed by atoms with E-state index in [0.717, 1.165) is 61.7 Å². The number of rotatable bonds is 5. The standard InChI is InChI=1S/C22H22N8O/c23-13-15-4-7-20(24-14-15)29-10-8-16(9-11-29)22(31)25-18-3-1-2-17(12-18)21-26-27-28-30(21)19-5-6-19/h1-4,7,12,14,16,19H,5-6,8-11H2,(H,25,31). The van der Waals surface area contributed by atoms with Gasteiger partial charge in [-0.2, -0.15) is 5.26 Å². The summed E-state index contributed by atoms with van der Waals surface area (Å²) in [5.41, 5.74) is 2.20. The first-order valence-electron chi connectivity index (χ1n) is 10.5. The number of aromatic nitrogens is 5. The summed E-state index contributed by atoms with van der Waals surface area (Å²) in [6, 6.07) is 13.8. The zero-order chi connectivity index (χ0) is 21.2. The topological polar surface area (TPSA) is 113 Å². The molecule has 9 heteroatoms. The number of piperidine rings is 1. The molecule has 1 amide bonds. The number of nitrogens with one attached hydrogen (secondary N) is 1. The van der Waals surface area contributed by atoms with Crippen molar-refractivity contribution < 1.29 is 4.79 Å². The van der Waals surface area contributed by atoms with Crippen LogP contribution in [0, 0.1) is 17.2 Å². The van der Waals surface area contributed by atoms with Gasteiger partial charge in [0.2, 0.25) is 5.91 Å². The van der Waals surface area contributed by atoms with Gasteiger partial charge in [-0.1, -0.05) is 12.1 Å². The lowest BCUT2D eigenvalue weighted by atomic mass is 9.95. The maximum Gasteiger partial charge on any atom is 0.227 e. The van der Waals surface area contributed by atoms with E-state index in [-0.39, 0.29) is 11.8 Å². The lowest BCUT2D eigenvalue weighted by Crippen LogP contribution is -2.38. The van der Waals surface area contributed by atoms with Crippen molar-refractivity contribution in [3.05, 3.63) is 48.2 Å². The first-order chi connectivity index (χ1) is 15.2. The molecule has 2 fully saturated rings. The van der Waals surface area contributed by atoms with Crippen LogP contribution in [0.5, 0.6) is 0 Å². The summed E-state index contributed by atoms with van der Waals surface area (Å²) in [7, 11) is 0. The molecule has 1 aromatic carbocycles. The van der Waals surface area contributed by atoms with E-state index in [4.69, 9.17) is 5.26 Å². The molecule has 1 saturated carbocycles. The van der Waals surface area contributed by atoms with Crippen LogP contribution in [-0.4, -0.2) is 44.2 Å². The number of hydrogen-bond acceptors (Lipinski definition) is 7. The Morgan fingerprint density at radius 3 is 2.68 bits per heavy atom. The molecule has 0 spiro atoms. The SMILES string of the molecule is N#Cc1ccc(N2CCC(C(=O)Nc3cccc(-c4nnnn4C4CC4)c3)CC2)nc1. The van der Waals surface area contributed by atoms with Crippen LogP contribution in [0.4, 0.5) is 11.5 Å². The predicted octanol–water partition coefficient (Wildman–Crippen LogP) is 2.80. The van der Waals surface area contributed by atoms with Gasteiger partial charge in [0.05, 0.1) is 11.6 Å². The van der Waals surface area contributed by atoms with E-state index in [1.807, 2.05) is 35.0 Å². The highest BCUT2D eigenvalue weighted by atomic mass is 16.1. The van der Waals surface area contributed by atoms with Gasteiger partial charge in [-0.25, -0.2) is 9.67 Å². The maximum atomic E-state index is 12.9. The van der Waals surface area contributed by atoms with Crippen LogP contribution < -0.4 is 10.2 Å². The molecule has 1 saturated heterocycles. The molecule has 2 aromatic heterocycles. The zero-order valence-electron chi connectivity index (χ0n) is 17.0. The Kier molecular flexibility index (Phi) is 5.04. The lowest BCUT2D eigenvalue weighted by molar-refractivity contribution is -0.120. The molecule has 1 aliphatic carbocycles. The third kappa shape index (κ3) is 4.10. The van der Waals surface area contributed by atoms with Crippen LogP contribution >= 0.6 is 0 Å². The molecule has 2 aliphatic rings. The van der Waals surface area contributed by atoms with E-state index in [1.54, 1.807) is 12.3 Å². The third-order valence-electron chi connectivity index (χ3n) is 5.84. The van der Waals surface area contributed by atoms with Crippen molar-refractivity contribution in [2.45, 2.75) is 31.7 Å². The highest BCUT2D eigenvalue weighted by molar-refractivity contribution is 5.93. The van der Waals surface area contributed by atoms with Crippen molar-refractivity contribution in [1.29, 1.82) is 5.26 Å². The first kappa shape index (κ1) is 19.2. The minimum absolute atomic E-state index is 0.0337. The average Bonchev–Trinajstić information content (AvgIpc) is 3.55. The number of carbonyl (C=O) groups is 1. The number of benzene rings is 1. The summed E-state index contributed by atoms with van der Waals surface area (Å²) in [5.74, 6) is 1.57. The van der Waals surface area contributed by atoms with Gasteiger partial charge in [0.25, 0.3) is 0 Å². The fourth-order valence-electron chi connectivity index (χ4n) is 3.94. The van der Waals surface area contributed by atoms with Crippen molar-refractivity contribution in [3.8, 4) is 17.5 Å². The summed E-state index contributed by atoms with van der Waals surface area (Å²) in [6.45, 7) is 1.51. The maximum absolute atomic E-state index is 12.9. The van der Waals surface area contributed by atoms with E-state index in [2.05, 4.69) is 36.8 Å². The Morgan fingerprint density at radius 2 is 1.97 bits per heavy atom. The van der Waals surface area contributed by atoms with Gasteiger partial charge in [0, 0.05) is 36.5 Å². The van der Waals surface area contributed by atoms with Crippen molar-refractivity contribution in [1.82, 2.24) is 25.2 Å². The molecule has 1 aliphatic heterocycles. The van der Waals surface area contributed by atoms with E-state index in [9.17, 15) is 4.79 Å². The summed E-state index contributed by atoms with van der Waals surface area (Å²) < 4.78 is 1.87. The smallest absolute Gasteiger partial charge is 0.227 e. The molecule has 3 aromatic rings. The number of amides is 1. The molecule has 31 heavy (non-hydrogen) atoms. The van der Waals surface area contributed by atoms with Gasteiger partial charge < -0.3 is 10.2 Å². The highest BCUT2D eigenvalue weighted by Crippen LogP contribution is 2.36. The van der Waals surface area contributed by atoms with Crippen LogP contribution in [0.1, 0.15) is 37.3 Å². The predicted molar refractivity (Wildman–Crippen MR) is 114 cm³/mol. The van der Waals surface area contributed by atoms with Crippen molar-refractivity contribution in [3.63, 3.8) is 0 Å². The van der Waals surface area contributed by atoms with Crippen molar-refractivity contribution in [2.24, 2.45) is 5.92 Å². The van der Waals surface area contributed by atoms with Crippen molar-refractivity contribution >= 4 is 17.4 Å². The highest BCUT2D eigenvalue weighted by Gasteiger charge is 2.29. The molecule has 0 atom stereocenters. The Bertz CT molecular complexity index is 1120. The van der Waals surface area contributed by atoms with Gasteiger partial charge in [0.1, 0.15) is 11.9 Å². The number of carbonyl (C=O) groups excluding carboxylic acids is 1. The lowest BCUT2D eigenvalue weighted by Gasteiger charge is -2.32. The second-order valence-electron chi connectivity index (χ2n) is 8.03. The number of pyridine rings is 1. The number of nitrogens with zero attached hydrogens (tertiary/aromatic N) is 7. The van der Waals surface area contributed by atoms with Gasteiger partial charge >= 0.3 is 0 Å². The van der Waals surface area contributed by atoms with Crippen LogP contribution in [0.15, 0.2) is 42.6 Å². The van der Waals surface area contributed by atoms with Crippen molar-refractivity contribution in [2.75, 3.05) is 23.3 Å². The monoisotopic (exact) mass is 414 g/mol. The molecule has 0 unspecified atom stereocenters. The first-order valence-corrected chi connectivity index (χ1v) is 10.5. The van der Waals surface area contributed by atoms with Crippen LogP contribution in [0.25, 0.3) is 11.4 Å². The summed E-state index contributed by atoms with van der Waals surface area (Å²) in [4.78, 5) is 19.4. The zero-order valence-corrected chi connectivity index (χ0v) is 17.0. The number of hydrogen-bond donors (Lipinski definition) is 1. The molecular weight excluding hydrogens is 392 g/mol. The molecule has 0 radical (unpaired) electrons. The Hall–Kier alpha value is -3.80. The van der Waals surface area contributed by atoms with E-state index >= 15 is 0 Å². The Morgan fingerprint density at radius 1 is 1.13 bits per heavy atom. The summed E-state index contributed by atoms with van der Waals surface area (Å²) in [5, 5.41) is 24.1. The second kappa shape index (κ2) is 8.14. The third-order valence-corrected chi connectivity index (χ3v) is 5.84. The average molecular weight is 414 g/mol. The summed E-state index contributed by atoms with van der Waals surface area (Å²) >= 11 is 0. The van der Waals surface area contributed by atoms with Crippen LogP contribution in [0.3, 0.4) is 0 Å². The minimum atomic E-state index is -0.0462. The van der Waals surface area contributed by atoms with Gasteiger partial charge in [0.15, 0.2) is 5.82 Å². The van der Waals surface area contributed by atoms with Crippen LogP contribution in [-0.2, 0) is 4.79 Å². The molecule has 5 rings (SSSR count). The van der Waals surface area contributed by atoms with E-state index < -0.39 is 0 Å². The van der Waals surface area contributed by atoms with E-state index in [1.165, 1.54) is 0 Å². The fourth-order valence-corrected chi connectivity index (χ4v) is 3.94. The molecule has 3 heterocycles. The van der Waals surface area contributed by atoms with Gasteiger partial charge in [-0.05, 0) is 60.4 Å². The Balaban J connectivity index is 1.21. The fraction of sp³-hybridized carbons (Fsp3) is 0.364. The molecule has 9 nitrogen and oxygen atoms in total. The normalized spacial score (nSPS) is 16.7. The van der Waals surface area contributed by atoms with Gasteiger partial charge in [-0.15, -0.1) is 5.10 Å². The minimum Gasteiger partial charge on any atom is -0.357 e. The molecular formula is C22H22N8O. The second-order valence-corrected chi connectivity index (χ2v) is 8.03. The number of anilines is 2. The van der Waals surface area contributed by atoms with E-state index in [0.29, 0.717) is 11.6 Å². The van der Waals surface area contributed by atoms with Gasteiger partial charge in [-0.3, -0.25) is 4.79 Å². The molecule has 1 N–H and O–H groups in total. The largest absolute Gasteiger partial charge is 0.357 e. The quantitative estimate of drug-likeness (QED) is 0.683. The number of nitriles is 1. The number of tetrazole rings is 1. The van der Waals surface area contributed by atoms with Crippen LogP contribution in [0.2, 0.25) is 0 Å². The molecule has 0 bridgehead atoms. The Labute approximate surface area is 179 Å². The summed E-state index contributed by atoms with van der Waals surface area (Å²) in [6.07, 6.45) is 5.30. The molecule has 156 valence electrons.